The summed E-state index contributed by atoms with van der Waals surface area (Å²) in [6.45, 7) is 0. The summed E-state index contributed by atoms with van der Waals surface area (Å²) in [5, 5.41) is 11.7. The van der Waals surface area contributed by atoms with Crippen LogP contribution in [0.3, 0.4) is 0 Å². The van der Waals surface area contributed by atoms with Gasteiger partial charge in [0, 0.05) is 26.0 Å². The van der Waals surface area contributed by atoms with Crippen LogP contribution in [0.5, 0.6) is 0 Å². The van der Waals surface area contributed by atoms with Crippen LogP contribution in [0.25, 0.3) is 0 Å². The van der Waals surface area contributed by atoms with Gasteiger partial charge in [0.25, 0.3) is 0 Å². The lowest BCUT2D eigenvalue weighted by molar-refractivity contribution is -0.106. The first-order valence-electron chi connectivity index (χ1n) is 4.12. The van der Waals surface area contributed by atoms with E-state index in [1.54, 1.807) is 6.07 Å². The number of oxime groups is 1. The van der Waals surface area contributed by atoms with E-state index in [9.17, 15) is 0 Å². The molecular weight excluding hydrogens is 220 g/mol. The van der Waals surface area contributed by atoms with Gasteiger partial charge in [-0.25, -0.2) is 4.98 Å². The summed E-state index contributed by atoms with van der Waals surface area (Å²) in [4.78, 5) is 3.90. The molecule has 82 valence electrons. The van der Waals surface area contributed by atoms with Crippen LogP contribution < -0.4 is 0 Å². The topological polar surface area (TPSA) is 63.9 Å². The third kappa shape index (κ3) is 2.65. The van der Waals surface area contributed by atoms with Gasteiger partial charge in [-0.1, -0.05) is 16.8 Å². The maximum atomic E-state index is 8.49. The molecule has 0 aliphatic carbocycles. The molecule has 0 aliphatic rings. The average Bonchev–Trinajstić information content (AvgIpc) is 2.24. The van der Waals surface area contributed by atoms with Crippen molar-refractivity contribution < 1.29 is 14.7 Å². The highest BCUT2D eigenvalue weighted by Crippen LogP contribution is 2.26. The zero-order chi connectivity index (χ0) is 11.3. The Hall–Kier alpha value is -1.17. The van der Waals surface area contributed by atoms with Crippen molar-refractivity contribution in [1.82, 2.24) is 4.98 Å². The standard InChI is InChI=1S/C9H11ClN2O3/c1-14-9(15-2)7-6(5-12-13)3-4-11-8(7)10/h3-5,9,13H,1-2H3/b12-5+. The molecule has 0 aliphatic heterocycles. The van der Waals surface area contributed by atoms with Crippen molar-refractivity contribution in [2.75, 3.05) is 14.2 Å². The van der Waals surface area contributed by atoms with E-state index >= 15 is 0 Å². The Morgan fingerprint density at radius 3 is 2.73 bits per heavy atom. The highest BCUT2D eigenvalue weighted by atomic mass is 35.5. The molecule has 1 rings (SSSR count). The first kappa shape index (κ1) is 11.9. The van der Waals surface area contributed by atoms with Crippen molar-refractivity contribution in [3.8, 4) is 0 Å². The molecule has 0 atom stereocenters. The fraction of sp³-hybridized carbons (Fsp3) is 0.333. The third-order valence-electron chi connectivity index (χ3n) is 1.84. The summed E-state index contributed by atoms with van der Waals surface area (Å²) in [5.74, 6) is 0. The van der Waals surface area contributed by atoms with E-state index in [4.69, 9.17) is 26.3 Å². The number of nitrogens with zero attached hydrogens (tertiary/aromatic N) is 2. The summed E-state index contributed by atoms with van der Waals surface area (Å²) >= 11 is 5.90. The van der Waals surface area contributed by atoms with Crippen LogP contribution in [0.2, 0.25) is 5.15 Å². The van der Waals surface area contributed by atoms with Crippen molar-refractivity contribution >= 4 is 17.8 Å². The van der Waals surface area contributed by atoms with Crippen LogP contribution >= 0.6 is 11.6 Å². The summed E-state index contributed by atoms with van der Waals surface area (Å²) in [6.07, 6.45) is 2.11. The summed E-state index contributed by atoms with van der Waals surface area (Å²) in [5.41, 5.74) is 1.12. The number of ether oxygens (including phenoxy) is 2. The first-order chi connectivity index (χ1) is 7.24. The minimum absolute atomic E-state index is 0.251. The van der Waals surface area contributed by atoms with Crippen LogP contribution in [-0.4, -0.2) is 30.6 Å². The van der Waals surface area contributed by atoms with Crippen LogP contribution in [-0.2, 0) is 9.47 Å². The molecule has 0 radical (unpaired) electrons. The Kier molecular flexibility index (Phi) is 4.48. The number of hydrogen-bond donors (Lipinski definition) is 1. The minimum Gasteiger partial charge on any atom is -0.411 e. The van der Waals surface area contributed by atoms with E-state index < -0.39 is 6.29 Å². The predicted octanol–water partition coefficient (Wildman–Crippen LogP) is 1.83. The van der Waals surface area contributed by atoms with Gasteiger partial charge in [-0.2, -0.15) is 0 Å². The molecule has 0 aromatic carbocycles. The third-order valence-corrected chi connectivity index (χ3v) is 2.14. The maximum absolute atomic E-state index is 8.49. The molecule has 15 heavy (non-hydrogen) atoms. The number of methoxy groups -OCH3 is 2. The van der Waals surface area contributed by atoms with Crippen molar-refractivity contribution in [3.63, 3.8) is 0 Å². The molecule has 0 saturated heterocycles. The van der Waals surface area contributed by atoms with E-state index in [-0.39, 0.29) is 5.15 Å². The van der Waals surface area contributed by atoms with E-state index in [1.165, 1.54) is 26.6 Å². The highest BCUT2D eigenvalue weighted by molar-refractivity contribution is 6.30. The monoisotopic (exact) mass is 230 g/mol. The smallest absolute Gasteiger partial charge is 0.186 e. The molecule has 1 heterocycles. The molecule has 0 fully saturated rings. The molecule has 0 bridgehead atoms. The Labute approximate surface area is 92.3 Å². The molecule has 0 spiro atoms. The fourth-order valence-electron chi connectivity index (χ4n) is 1.20. The van der Waals surface area contributed by atoms with Gasteiger partial charge in [-0.3, -0.25) is 0 Å². The molecule has 0 unspecified atom stereocenters. The number of aromatic nitrogens is 1. The van der Waals surface area contributed by atoms with E-state index in [0.717, 1.165) is 0 Å². The molecule has 1 N–H and O–H groups in total. The van der Waals surface area contributed by atoms with Crippen LogP contribution in [0.4, 0.5) is 0 Å². The van der Waals surface area contributed by atoms with E-state index in [2.05, 4.69) is 10.1 Å². The molecular formula is C9H11ClN2O3. The molecule has 0 saturated carbocycles. The van der Waals surface area contributed by atoms with Gasteiger partial charge in [-0.15, -0.1) is 0 Å². The molecule has 5 nitrogen and oxygen atoms in total. The Bertz CT molecular complexity index is 353. The van der Waals surface area contributed by atoms with Gasteiger partial charge >= 0.3 is 0 Å². The van der Waals surface area contributed by atoms with Gasteiger partial charge in [0.2, 0.25) is 0 Å². The number of rotatable bonds is 4. The number of halogens is 1. The lowest BCUT2D eigenvalue weighted by Gasteiger charge is -2.16. The zero-order valence-corrected chi connectivity index (χ0v) is 9.10. The summed E-state index contributed by atoms with van der Waals surface area (Å²) in [7, 11) is 2.97. The second-order valence-corrected chi connectivity index (χ2v) is 3.01. The second kappa shape index (κ2) is 5.65. The Morgan fingerprint density at radius 2 is 2.20 bits per heavy atom. The van der Waals surface area contributed by atoms with Gasteiger partial charge in [-0.05, 0) is 6.07 Å². The lowest BCUT2D eigenvalue weighted by Crippen LogP contribution is -2.08. The van der Waals surface area contributed by atoms with Crippen molar-refractivity contribution in [1.29, 1.82) is 0 Å². The maximum Gasteiger partial charge on any atom is 0.186 e. The zero-order valence-electron chi connectivity index (χ0n) is 8.35. The largest absolute Gasteiger partial charge is 0.411 e. The van der Waals surface area contributed by atoms with Gasteiger partial charge in [0.15, 0.2) is 6.29 Å². The van der Waals surface area contributed by atoms with Crippen LogP contribution in [0.1, 0.15) is 17.4 Å². The highest BCUT2D eigenvalue weighted by Gasteiger charge is 2.17. The van der Waals surface area contributed by atoms with Crippen LogP contribution in [0.15, 0.2) is 17.4 Å². The number of pyridine rings is 1. The van der Waals surface area contributed by atoms with Crippen molar-refractivity contribution in [2.24, 2.45) is 5.16 Å². The molecule has 1 aromatic heterocycles. The first-order valence-corrected chi connectivity index (χ1v) is 4.49. The van der Waals surface area contributed by atoms with Crippen LogP contribution in [0, 0.1) is 0 Å². The predicted molar refractivity (Wildman–Crippen MR) is 55.4 cm³/mol. The molecule has 0 amide bonds. The van der Waals surface area contributed by atoms with Gasteiger partial charge in [0.05, 0.1) is 11.8 Å². The summed E-state index contributed by atoms with van der Waals surface area (Å²) in [6, 6.07) is 1.64. The number of hydrogen-bond acceptors (Lipinski definition) is 5. The summed E-state index contributed by atoms with van der Waals surface area (Å²) < 4.78 is 10.1. The minimum atomic E-state index is -0.640. The SMILES string of the molecule is COC(OC)c1c(/C=N/O)ccnc1Cl. The van der Waals surface area contributed by atoms with E-state index in [0.29, 0.717) is 11.1 Å². The molecule has 6 heteroatoms. The average molecular weight is 231 g/mol. The second-order valence-electron chi connectivity index (χ2n) is 2.65. The van der Waals surface area contributed by atoms with Gasteiger partial charge in [0.1, 0.15) is 5.15 Å². The Balaban J connectivity index is 3.22. The Morgan fingerprint density at radius 1 is 1.53 bits per heavy atom. The molecule has 1 aromatic rings. The van der Waals surface area contributed by atoms with Crippen molar-refractivity contribution in [3.05, 3.63) is 28.5 Å². The fourth-order valence-corrected chi connectivity index (χ4v) is 1.46. The van der Waals surface area contributed by atoms with E-state index in [1.807, 2.05) is 0 Å². The lowest BCUT2D eigenvalue weighted by atomic mass is 10.1. The van der Waals surface area contributed by atoms with Gasteiger partial charge < -0.3 is 14.7 Å². The quantitative estimate of drug-likeness (QED) is 0.282. The van der Waals surface area contributed by atoms with Crippen molar-refractivity contribution in [2.45, 2.75) is 6.29 Å². The normalized spacial score (nSPS) is 11.5.